The molecule has 1 saturated heterocycles. The number of hydrogen-bond acceptors (Lipinski definition) is 4. The molecule has 1 atom stereocenters. The van der Waals surface area contributed by atoms with Crippen LogP contribution < -0.4 is 0 Å². The third-order valence-electron chi connectivity index (χ3n) is 3.83. The number of halogens is 1. The van der Waals surface area contributed by atoms with Crippen molar-refractivity contribution in [2.75, 3.05) is 26.2 Å². The molecule has 2 aromatic rings. The summed E-state index contributed by atoms with van der Waals surface area (Å²) >= 11 is 6.06. The Morgan fingerprint density at radius 1 is 1.32 bits per heavy atom. The van der Waals surface area contributed by atoms with Crippen LogP contribution in [0.25, 0.3) is 0 Å². The molecule has 1 aromatic carbocycles. The lowest BCUT2D eigenvalue weighted by molar-refractivity contribution is -0.0133. The van der Waals surface area contributed by atoms with E-state index in [0.29, 0.717) is 30.8 Å². The summed E-state index contributed by atoms with van der Waals surface area (Å²) in [6.07, 6.45) is 3.28. The topological polar surface area (TPSA) is 50.5 Å². The number of aliphatic hydroxyl groups excluding tert-OH is 1. The summed E-state index contributed by atoms with van der Waals surface area (Å²) < 4.78 is 7.52. The van der Waals surface area contributed by atoms with Gasteiger partial charge < -0.3 is 9.84 Å². The quantitative estimate of drug-likeness (QED) is 0.847. The van der Waals surface area contributed by atoms with Gasteiger partial charge in [-0.2, -0.15) is 5.10 Å². The minimum absolute atomic E-state index is 0.314. The smallest absolute Gasteiger partial charge is 0.0900 e. The Hall–Kier alpha value is -1.40. The van der Waals surface area contributed by atoms with Gasteiger partial charge in [-0.1, -0.05) is 29.8 Å². The lowest BCUT2D eigenvalue weighted by Gasteiger charge is -2.40. The Labute approximate surface area is 135 Å². The molecule has 1 aliphatic heterocycles. The van der Waals surface area contributed by atoms with Crippen molar-refractivity contribution in [1.82, 2.24) is 14.7 Å². The highest BCUT2D eigenvalue weighted by atomic mass is 35.5. The second-order valence-electron chi connectivity index (χ2n) is 5.62. The number of nitrogens with zero attached hydrogens (tertiary/aromatic N) is 3. The predicted octanol–water partition coefficient (Wildman–Crippen LogP) is 1.97. The Morgan fingerprint density at radius 3 is 2.86 bits per heavy atom. The second-order valence-corrected chi connectivity index (χ2v) is 6.03. The van der Waals surface area contributed by atoms with Crippen molar-refractivity contribution in [3.63, 3.8) is 0 Å². The number of aromatic nitrogens is 2. The van der Waals surface area contributed by atoms with Crippen LogP contribution in [0.3, 0.4) is 0 Å². The van der Waals surface area contributed by atoms with E-state index in [1.807, 2.05) is 41.2 Å². The summed E-state index contributed by atoms with van der Waals surface area (Å²) in [6, 6.07) is 9.94. The molecule has 118 valence electrons. The third kappa shape index (κ3) is 3.87. The van der Waals surface area contributed by atoms with Gasteiger partial charge in [-0.05, 0) is 17.7 Å². The largest absolute Gasteiger partial charge is 0.389 e. The lowest BCUT2D eigenvalue weighted by atomic mass is 10.1. The Balaban J connectivity index is 1.34. The highest BCUT2D eigenvalue weighted by molar-refractivity contribution is 6.31. The number of hydrogen-bond donors (Lipinski definition) is 1. The van der Waals surface area contributed by atoms with Gasteiger partial charge in [0.05, 0.1) is 25.4 Å². The molecule has 0 saturated carbocycles. The average molecular weight is 322 g/mol. The molecule has 1 aromatic heterocycles. The number of rotatable bonds is 7. The fraction of sp³-hybridized carbons (Fsp3) is 0.438. The third-order valence-corrected chi connectivity index (χ3v) is 4.20. The zero-order valence-electron chi connectivity index (χ0n) is 12.3. The monoisotopic (exact) mass is 321 g/mol. The van der Waals surface area contributed by atoms with Crippen molar-refractivity contribution in [3.05, 3.63) is 53.3 Å². The maximum Gasteiger partial charge on any atom is 0.0900 e. The van der Waals surface area contributed by atoms with Gasteiger partial charge in [0.25, 0.3) is 0 Å². The van der Waals surface area contributed by atoms with E-state index < -0.39 is 6.10 Å². The number of likely N-dealkylation sites (tertiary alicyclic amines) is 1. The number of ether oxygens (including phenoxy) is 1. The first-order chi connectivity index (χ1) is 10.7. The number of benzene rings is 1. The van der Waals surface area contributed by atoms with Crippen LogP contribution >= 0.6 is 11.6 Å². The molecular weight excluding hydrogens is 302 g/mol. The lowest BCUT2D eigenvalue weighted by Crippen LogP contribution is -2.51. The molecule has 0 bridgehead atoms. The maximum atomic E-state index is 10.0. The van der Waals surface area contributed by atoms with Crippen LogP contribution in [0.1, 0.15) is 11.6 Å². The average Bonchev–Trinajstić information content (AvgIpc) is 2.98. The summed E-state index contributed by atoms with van der Waals surface area (Å²) in [5.74, 6) is 0. The molecule has 1 unspecified atom stereocenters. The molecule has 0 spiro atoms. The zero-order chi connectivity index (χ0) is 15.4. The molecule has 0 amide bonds. The van der Waals surface area contributed by atoms with E-state index in [1.165, 1.54) is 0 Å². The van der Waals surface area contributed by atoms with Crippen molar-refractivity contribution < 1.29 is 9.84 Å². The maximum absolute atomic E-state index is 10.0. The van der Waals surface area contributed by atoms with Crippen molar-refractivity contribution in [2.45, 2.75) is 18.8 Å². The number of aliphatic hydroxyl groups is 1. The molecule has 0 radical (unpaired) electrons. The van der Waals surface area contributed by atoms with E-state index in [4.69, 9.17) is 16.3 Å². The van der Waals surface area contributed by atoms with E-state index >= 15 is 0 Å². The second kappa shape index (κ2) is 7.24. The van der Waals surface area contributed by atoms with E-state index in [9.17, 15) is 5.11 Å². The molecule has 6 heteroatoms. The van der Waals surface area contributed by atoms with Gasteiger partial charge in [-0.15, -0.1) is 0 Å². The van der Waals surface area contributed by atoms with Gasteiger partial charge in [0, 0.05) is 37.1 Å². The van der Waals surface area contributed by atoms with Gasteiger partial charge >= 0.3 is 0 Å². The highest BCUT2D eigenvalue weighted by Crippen LogP contribution is 2.20. The van der Waals surface area contributed by atoms with E-state index in [0.717, 1.165) is 18.7 Å². The summed E-state index contributed by atoms with van der Waals surface area (Å²) in [5, 5.41) is 15.0. The van der Waals surface area contributed by atoms with E-state index in [1.54, 1.807) is 6.20 Å². The van der Waals surface area contributed by atoms with Gasteiger partial charge in [0.1, 0.15) is 0 Å². The Kier molecular flexibility index (Phi) is 5.10. The summed E-state index contributed by atoms with van der Waals surface area (Å²) in [6.45, 7) is 3.20. The first-order valence-corrected chi connectivity index (χ1v) is 7.81. The van der Waals surface area contributed by atoms with Crippen LogP contribution in [0.15, 0.2) is 42.7 Å². The van der Waals surface area contributed by atoms with Crippen LogP contribution in [0.2, 0.25) is 5.02 Å². The van der Waals surface area contributed by atoms with E-state index in [-0.39, 0.29) is 0 Å². The van der Waals surface area contributed by atoms with Crippen LogP contribution in [0, 0.1) is 0 Å². The molecule has 5 nitrogen and oxygen atoms in total. The van der Waals surface area contributed by atoms with Crippen LogP contribution in [0.5, 0.6) is 0 Å². The fourth-order valence-corrected chi connectivity index (χ4v) is 2.82. The van der Waals surface area contributed by atoms with E-state index in [2.05, 4.69) is 10.00 Å². The van der Waals surface area contributed by atoms with Crippen molar-refractivity contribution in [1.29, 1.82) is 0 Å². The van der Waals surface area contributed by atoms with Gasteiger partial charge in [0.15, 0.2) is 0 Å². The molecule has 1 fully saturated rings. The molecule has 1 N–H and O–H groups in total. The molecule has 2 heterocycles. The molecular formula is C16H20ClN3O2. The molecule has 1 aliphatic rings. The normalized spacial score (nSPS) is 17.4. The first-order valence-electron chi connectivity index (χ1n) is 7.43. The van der Waals surface area contributed by atoms with Gasteiger partial charge in [-0.3, -0.25) is 9.58 Å². The Morgan fingerprint density at radius 2 is 2.14 bits per heavy atom. The SMILES string of the molecule is OC(COCc1ccccc1Cl)CN1CC(n2cccn2)C1. The minimum Gasteiger partial charge on any atom is -0.389 e. The van der Waals surface area contributed by atoms with Crippen LogP contribution in [-0.4, -0.2) is 52.1 Å². The molecule has 3 rings (SSSR count). The molecule has 0 aliphatic carbocycles. The molecule has 22 heavy (non-hydrogen) atoms. The first kappa shape index (κ1) is 15.5. The summed E-state index contributed by atoms with van der Waals surface area (Å²) in [5.41, 5.74) is 0.944. The van der Waals surface area contributed by atoms with Crippen LogP contribution in [0.4, 0.5) is 0 Å². The van der Waals surface area contributed by atoms with Crippen molar-refractivity contribution in [3.8, 4) is 0 Å². The van der Waals surface area contributed by atoms with Crippen molar-refractivity contribution >= 4 is 11.6 Å². The fourth-order valence-electron chi connectivity index (χ4n) is 2.63. The van der Waals surface area contributed by atoms with Gasteiger partial charge in [0.2, 0.25) is 0 Å². The summed E-state index contributed by atoms with van der Waals surface area (Å²) in [7, 11) is 0. The minimum atomic E-state index is -0.485. The van der Waals surface area contributed by atoms with Crippen LogP contribution in [-0.2, 0) is 11.3 Å². The number of β-amino-alcohol motifs (C(OH)–C–C–N with tert-alkyl or cyclic N) is 1. The standard InChI is InChI=1S/C16H20ClN3O2/c17-16-5-2-1-4-13(16)11-22-12-15(21)10-19-8-14(9-19)20-7-3-6-18-20/h1-7,14-15,21H,8-12H2. The summed E-state index contributed by atoms with van der Waals surface area (Å²) in [4.78, 5) is 2.20. The van der Waals surface area contributed by atoms with Gasteiger partial charge in [-0.25, -0.2) is 0 Å². The predicted molar refractivity (Wildman–Crippen MR) is 84.8 cm³/mol. The highest BCUT2D eigenvalue weighted by Gasteiger charge is 2.29. The zero-order valence-corrected chi connectivity index (χ0v) is 13.1. The van der Waals surface area contributed by atoms with Crippen molar-refractivity contribution in [2.24, 2.45) is 0 Å². The Bertz CT molecular complexity index is 585.